The van der Waals surface area contributed by atoms with Crippen molar-refractivity contribution in [1.82, 2.24) is 0 Å². The minimum atomic E-state index is 0.0294. The molecular formula is C57H84O4. The smallest absolute Gasteiger partial charge is 0.119 e. The van der Waals surface area contributed by atoms with Gasteiger partial charge in [-0.15, -0.1) is 0 Å². The van der Waals surface area contributed by atoms with Gasteiger partial charge in [0.1, 0.15) is 5.75 Å². The Kier molecular flexibility index (Phi) is 26.6. The van der Waals surface area contributed by atoms with Gasteiger partial charge in [0.2, 0.25) is 0 Å². The average Bonchev–Trinajstić information content (AvgIpc) is 3.27. The molecule has 4 rings (SSSR count). The fraction of sp³-hybridized carbons (Fsp3) is 0.579. The molecule has 4 aromatic rings. The van der Waals surface area contributed by atoms with E-state index in [1.807, 2.05) is 6.07 Å². The molecule has 0 heterocycles. The van der Waals surface area contributed by atoms with Crippen LogP contribution in [0.2, 0.25) is 0 Å². The molecule has 61 heavy (non-hydrogen) atoms. The normalized spacial score (nSPS) is 13.0. The molecule has 4 aromatic carbocycles. The number of ether oxygens (including phenoxy) is 3. The highest BCUT2D eigenvalue weighted by molar-refractivity contribution is 5.45. The quantitative estimate of drug-likeness (QED) is 0.0464. The van der Waals surface area contributed by atoms with Crippen molar-refractivity contribution in [2.45, 2.75) is 193 Å². The van der Waals surface area contributed by atoms with Crippen molar-refractivity contribution in [3.8, 4) is 5.75 Å². The van der Waals surface area contributed by atoms with Gasteiger partial charge in [-0.05, 0) is 131 Å². The van der Waals surface area contributed by atoms with E-state index >= 15 is 0 Å². The standard InChI is InChI=1S/C57H84O4/c1-48(59-42-28-13-7-4-10-19-31-51-34-22-16-23-35-51)45-54-40-41-57(58)56(47-50(3)61-44-30-15-9-6-12-21-33-53-38-26-18-27-39-53)55(54)46-49(2)60-43-29-14-8-5-11-20-32-52-36-24-17-25-37-52/h16-18,22-27,34-41,48-50,58H,4-15,19-21,28-33,42-47H2,1-3H3. The summed E-state index contributed by atoms with van der Waals surface area (Å²) in [6.45, 7) is 8.92. The van der Waals surface area contributed by atoms with Gasteiger partial charge in [0.25, 0.3) is 0 Å². The van der Waals surface area contributed by atoms with E-state index in [-0.39, 0.29) is 18.3 Å². The number of unbranched alkanes of at least 4 members (excludes halogenated alkanes) is 15. The molecule has 0 bridgehead atoms. The van der Waals surface area contributed by atoms with Crippen LogP contribution in [-0.2, 0) is 52.7 Å². The van der Waals surface area contributed by atoms with Crippen molar-refractivity contribution in [2.75, 3.05) is 19.8 Å². The van der Waals surface area contributed by atoms with Gasteiger partial charge >= 0.3 is 0 Å². The van der Waals surface area contributed by atoms with Gasteiger partial charge in [-0.2, -0.15) is 0 Å². The van der Waals surface area contributed by atoms with Crippen molar-refractivity contribution in [2.24, 2.45) is 0 Å². The third kappa shape index (κ3) is 23.0. The largest absolute Gasteiger partial charge is 0.508 e. The van der Waals surface area contributed by atoms with Crippen LogP contribution in [0, 0.1) is 0 Å². The van der Waals surface area contributed by atoms with Crippen molar-refractivity contribution in [3.05, 3.63) is 137 Å². The van der Waals surface area contributed by atoms with Gasteiger partial charge in [-0.25, -0.2) is 0 Å². The van der Waals surface area contributed by atoms with Crippen molar-refractivity contribution >= 4 is 0 Å². The van der Waals surface area contributed by atoms with Crippen LogP contribution in [-0.4, -0.2) is 43.2 Å². The van der Waals surface area contributed by atoms with Crippen molar-refractivity contribution in [3.63, 3.8) is 0 Å². The lowest BCUT2D eigenvalue weighted by Gasteiger charge is -2.24. The van der Waals surface area contributed by atoms with E-state index in [9.17, 15) is 5.11 Å². The van der Waals surface area contributed by atoms with E-state index in [1.54, 1.807) is 0 Å². The lowest BCUT2D eigenvalue weighted by Crippen LogP contribution is -2.20. The number of hydrogen-bond donors (Lipinski definition) is 1. The molecule has 336 valence electrons. The monoisotopic (exact) mass is 833 g/mol. The number of aryl methyl sites for hydroxylation is 3. The number of phenolic OH excluding ortho intramolecular Hbond substituents is 1. The van der Waals surface area contributed by atoms with E-state index in [0.717, 1.165) is 57.5 Å². The Morgan fingerprint density at radius 2 is 0.656 bits per heavy atom. The molecule has 0 aromatic heterocycles. The maximum Gasteiger partial charge on any atom is 0.119 e. The summed E-state index contributed by atoms with van der Waals surface area (Å²) in [7, 11) is 0. The molecule has 0 amide bonds. The second-order valence-electron chi connectivity index (χ2n) is 17.9. The molecule has 0 aliphatic heterocycles. The SMILES string of the molecule is CC(Cc1ccc(O)c(CC(C)OCCCCCCCCc2ccccc2)c1CC(C)OCCCCCCCCc1ccccc1)OCCCCCCCCc1ccccc1. The Hall–Kier alpha value is -3.44. The number of hydrogen-bond acceptors (Lipinski definition) is 4. The zero-order valence-electron chi connectivity index (χ0n) is 38.8. The fourth-order valence-electron chi connectivity index (χ4n) is 8.67. The number of phenols is 1. The predicted octanol–water partition coefficient (Wildman–Crippen LogP) is 15.0. The molecule has 3 unspecified atom stereocenters. The Labute approximate surface area is 373 Å². The van der Waals surface area contributed by atoms with Crippen LogP contribution in [0.3, 0.4) is 0 Å². The first-order chi connectivity index (χ1) is 30.0. The van der Waals surface area contributed by atoms with Crippen LogP contribution in [0.25, 0.3) is 0 Å². The van der Waals surface area contributed by atoms with Crippen LogP contribution in [0.5, 0.6) is 5.75 Å². The van der Waals surface area contributed by atoms with Crippen molar-refractivity contribution in [1.29, 1.82) is 0 Å². The molecule has 1 N–H and O–H groups in total. The lowest BCUT2D eigenvalue weighted by atomic mass is 9.90. The molecule has 0 aliphatic carbocycles. The maximum absolute atomic E-state index is 11.3. The maximum atomic E-state index is 11.3. The zero-order chi connectivity index (χ0) is 43.0. The topological polar surface area (TPSA) is 47.9 Å². The summed E-state index contributed by atoms with van der Waals surface area (Å²) in [4.78, 5) is 0. The highest BCUT2D eigenvalue weighted by Crippen LogP contribution is 2.30. The first kappa shape index (κ1) is 50.2. The summed E-state index contributed by atoms with van der Waals surface area (Å²) in [6, 6.07) is 36.6. The third-order valence-electron chi connectivity index (χ3n) is 12.3. The number of benzene rings is 4. The first-order valence-corrected chi connectivity index (χ1v) is 24.8. The molecule has 0 aliphatic rings. The molecule has 3 atom stereocenters. The van der Waals surface area contributed by atoms with Gasteiger partial charge in [-0.1, -0.05) is 174 Å². The number of rotatable bonds is 36. The van der Waals surface area contributed by atoms with Crippen molar-refractivity contribution < 1.29 is 19.3 Å². The van der Waals surface area contributed by atoms with E-state index in [4.69, 9.17) is 14.2 Å². The summed E-state index contributed by atoms with van der Waals surface area (Å²) in [5.41, 5.74) is 7.86. The fourth-order valence-corrected chi connectivity index (χ4v) is 8.67. The van der Waals surface area contributed by atoms with Crippen LogP contribution in [0.1, 0.15) is 170 Å². The lowest BCUT2D eigenvalue weighted by molar-refractivity contribution is 0.0574. The van der Waals surface area contributed by atoms with Crippen LogP contribution in [0.15, 0.2) is 103 Å². The molecule has 0 radical (unpaired) electrons. The highest BCUT2D eigenvalue weighted by atomic mass is 16.5. The van der Waals surface area contributed by atoms with Gasteiger partial charge in [0.15, 0.2) is 0 Å². The van der Waals surface area contributed by atoms with Gasteiger partial charge < -0.3 is 19.3 Å². The Bertz CT molecular complexity index is 1620. The summed E-state index contributed by atoms with van der Waals surface area (Å²) < 4.78 is 19.2. The Balaban J connectivity index is 1.18. The minimum Gasteiger partial charge on any atom is -0.508 e. The van der Waals surface area contributed by atoms with E-state index in [2.05, 4.69) is 118 Å². The van der Waals surface area contributed by atoms with Gasteiger partial charge in [0.05, 0.1) is 18.3 Å². The molecule has 0 saturated carbocycles. The van der Waals surface area contributed by atoms with Crippen LogP contribution >= 0.6 is 0 Å². The summed E-state index contributed by atoms with van der Waals surface area (Å²) in [5.74, 6) is 0.376. The van der Waals surface area contributed by atoms with Gasteiger partial charge in [-0.3, -0.25) is 0 Å². The zero-order valence-corrected chi connectivity index (χ0v) is 38.8. The summed E-state index contributed by atoms with van der Waals surface area (Å²) in [6.07, 6.45) is 28.4. The van der Waals surface area contributed by atoms with Crippen LogP contribution in [0.4, 0.5) is 0 Å². The minimum absolute atomic E-state index is 0.0294. The molecule has 4 heteroatoms. The van der Waals surface area contributed by atoms with E-state index < -0.39 is 0 Å². The predicted molar refractivity (Wildman–Crippen MR) is 259 cm³/mol. The third-order valence-corrected chi connectivity index (χ3v) is 12.3. The summed E-state index contributed by atoms with van der Waals surface area (Å²) in [5, 5.41) is 11.3. The highest BCUT2D eigenvalue weighted by Gasteiger charge is 2.20. The molecule has 0 fully saturated rings. The molecular weight excluding hydrogens is 749 g/mol. The van der Waals surface area contributed by atoms with Crippen LogP contribution < -0.4 is 0 Å². The molecule has 4 nitrogen and oxygen atoms in total. The summed E-state index contributed by atoms with van der Waals surface area (Å²) >= 11 is 0. The Morgan fingerprint density at radius 1 is 0.344 bits per heavy atom. The molecule has 0 spiro atoms. The Morgan fingerprint density at radius 3 is 1.03 bits per heavy atom. The van der Waals surface area contributed by atoms with E-state index in [0.29, 0.717) is 12.2 Å². The number of aromatic hydroxyl groups is 1. The second-order valence-corrected chi connectivity index (χ2v) is 17.9. The van der Waals surface area contributed by atoms with Gasteiger partial charge in [0, 0.05) is 26.2 Å². The average molecular weight is 833 g/mol. The van der Waals surface area contributed by atoms with E-state index in [1.165, 1.54) is 143 Å². The second kappa shape index (κ2) is 32.3. The molecule has 0 saturated heterocycles. The first-order valence-electron chi connectivity index (χ1n) is 24.8.